The van der Waals surface area contributed by atoms with E-state index in [0.717, 1.165) is 32.3 Å². The second-order valence-electron chi connectivity index (χ2n) is 4.14. The van der Waals surface area contributed by atoms with E-state index in [0.29, 0.717) is 12.3 Å². The second kappa shape index (κ2) is 6.38. The molecular formula is C11H22O3. The molecule has 1 heterocycles. The Morgan fingerprint density at radius 1 is 1.50 bits per heavy atom. The minimum atomic E-state index is -0.659. The molecule has 1 saturated heterocycles. The highest BCUT2D eigenvalue weighted by Gasteiger charge is 2.19. The van der Waals surface area contributed by atoms with E-state index >= 15 is 0 Å². The van der Waals surface area contributed by atoms with Crippen LogP contribution in [0.5, 0.6) is 0 Å². The van der Waals surface area contributed by atoms with Crippen LogP contribution in [0.15, 0.2) is 0 Å². The molecule has 0 aromatic rings. The quantitative estimate of drug-likeness (QED) is 0.695. The Morgan fingerprint density at radius 3 is 2.86 bits per heavy atom. The molecule has 0 amide bonds. The molecule has 1 aliphatic heterocycles. The summed E-state index contributed by atoms with van der Waals surface area (Å²) in [7, 11) is 0. The third kappa shape index (κ3) is 4.40. The van der Waals surface area contributed by atoms with E-state index in [4.69, 9.17) is 9.47 Å². The average molecular weight is 202 g/mol. The highest BCUT2D eigenvalue weighted by Crippen LogP contribution is 2.18. The molecule has 14 heavy (non-hydrogen) atoms. The predicted octanol–water partition coefficient (Wildman–Crippen LogP) is 2.28. The van der Waals surface area contributed by atoms with Crippen LogP contribution in [0, 0.1) is 5.92 Å². The maximum Gasteiger partial charge on any atom is 0.160 e. The van der Waals surface area contributed by atoms with E-state index in [1.165, 1.54) is 0 Å². The summed E-state index contributed by atoms with van der Waals surface area (Å²) in [6.45, 7) is 5.00. The van der Waals surface area contributed by atoms with E-state index in [9.17, 15) is 5.11 Å². The summed E-state index contributed by atoms with van der Waals surface area (Å²) < 4.78 is 10.8. The fraction of sp³-hybridized carbons (Fsp3) is 1.00. The Kier molecular flexibility index (Phi) is 5.45. The van der Waals surface area contributed by atoms with E-state index in [2.05, 4.69) is 13.8 Å². The Balaban J connectivity index is 2.14. The van der Waals surface area contributed by atoms with E-state index < -0.39 is 6.29 Å². The van der Waals surface area contributed by atoms with Crippen molar-refractivity contribution in [3.8, 4) is 0 Å². The van der Waals surface area contributed by atoms with Gasteiger partial charge in [-0.2, -0.15) is 0 Å². The lowest BCUT2D eigenvalue weighted by Crippen LogP contribution is -2.28. The normalized spacial score (nSPS) is 27.2. The molecule has 0 radical (unpaired) electrons. The number of hydrogen-bond donors (Lipinski definition) is 1. The summed E-state index contributed by atoms with van der Waals surface area (Å²) in [6.07, 6.45) is 4.11. The van der Waals surface area contributed by atoms with Gasteiger partial charge in [0.1, 0.15) is 0 Å². The maximum atomic E-state index is 9.60. The lowest BCUT2D eigenvalue weighted by molar-refractivity contribution is -0.244. The van der Waals surface area contributed by atoms with Crippen molar-refractivity contribution in [1.82, 2.24) is 0 Å². The second-order valence-corrected chi connectivity index (χ2v) is 4.14. The van der Waals surface area contributed by atoms with Crippen molar-refractivity contribution in [3.63, 3.8) is 0 Å². The summed E-state index contributed by atoms with van der Waals surface area (Å²) in [4.78, 5) is 0. The van der Waals surface area contributed by atoms with Crippen molar-refractivity contribution in [2.24, 2.45) is 5.92 Å². The summed E-state index contributed by atoms with van der Waals surface area (Å²) in [5, 5.41) is 9.60. The van der Waals surface area contributed by atoms with Crippen LogP contribution < -0.4 is 0 Å². The minimum Gasteiger partial charge on any atom is -0.368 e. The molecule has 0 aromatic carbocycles. The molecule has 3 heteroatoms. The van der Waals surface area contributed by atoms with Crippen molar-refractivity contribution < 1.29 is 14.6 Å². The van der Waals surface area contributed by atoms with E-state index in [1.54, 1.807) is 0 Å². The number of hydrogen-bond acceptors (Lipinski definition) is 3. The smallest absolute Gasteiger partial charge is 0.160 e. The number of rotatable bonds is 5. The predicted molar refractivity (Wildman–Crippen MR) is 54.8 cm³/mol. The SMILES string of the molecule is CC[C@H](C)CC(O)OC1CCCCO1. The van der Waals surface area contributed by atoms with Crippen molar-refractivity contribution in [3.05, 3.63) is 0 Å². The Labute approximate surface area is 86.4 Å². The zero-order chi connectivity index (χ0) is 10.4. The van der Waals surface area contributed by atoms with Gasteiger partial charge in [-0.05, 0) is 25.2 Å². The van der Waals surface area contributed by atoms with Crippen LogP contribution in [0.1, 0.15) is 46.0 Å². The summed E-state index contributed by atoms with van der Waals surface area (Å²) in [6, 6.07) is 0. The molecule has 1 N–H and O–H groups in total. The zero-order valence-electron chi connectivity index (χ0n) is 9.24. The minimum absolute atomic E-state index is 0.178. The van der Waals surface area contributed by atoms with Gasteiger partial charge in [-0.1, -0.05) is 20.3 Å². The summed E-state index contributed by atoms with van der Waals surface area (Å²) >= 11 is 0. The van der Waals surface area contributed by atoms with Gasteiger partial charge in [0, 0.05) is 13.0 Å². The third-order valence-corrected chi connectivity index (χ3v) is 2.75. The average Bonchev–Trinajstić information content (AvgIpc) is 2.19. The van der Waals surface area contributed by atoms with Crippen LogP contribution in [-0.2, 0) is 9.47 Å². The molecule has 0 bridgehead atoms. The third-order valence-electron chi connectivity index (χ3n) is 2.75. The van der Waals surface area contributed by atoms with Gasteiger partial charge in [0.2, 0.25) is 0 Å². The first-order valence-corrected chi connectivity index (χ1v) is 5.67. The van der Waals surface area contributed by atoms with Gasteiger partial charge < -0.3 is 14.6 Å². The van der Waals surface area contributed by atoms with E-state index in [-0.39, 0.29) is 6.29 Å². The molecule has 0 saturated carbocycles. The molecule has 0 aliphatic carbocycles. The molecule has 1 fully saturated rings. The maximum absolute atomic E-state index is 9.60. The van der Waals surface area contributed by atoms with Gasteiger partial charge >= 0.3 is 0 Å². The topological polar surface area (TPSA) is 38.7 Å². The summed E-state index contributed by atoms with van der Waals surface area (Å²) in [5.41, 5.74) is 0. The fourth-order valence-corrected chi connectivity index (χ4v) is 1.56. The Bertz CT molecular complexity index is 143. The molecule has 2 unspecified atom stereocenters. The molecular weight excluding hydrogens is 180 g/mol. The van der Waals surface area contributed by atoms with Gasteiger partial charge in [0.15, 0.2) is 12.6 Å². The molecule has 0 spiro atoms. The van der Waals surface area contributed by atoms with Crippen LogP contribution in [0.2, 0.25) is 0 Å². The number of ether oxygens (including phenoxy) is 2. The largest absolute Gasteiger partial charge is 0.368 e. The van der Waals surface area contributed by atoms with Gasteiger partial charge in [0.25, 0.3) is 0 Å². The van der Waals surface area contributed by atoms with Crippen LogP contribution >= 0.6 is 0 Å². The standard InChI is InChI=1S/C11H22O3/c1-3-9(2)8-10(12)14-11-6-4-5-7-13-11/h9-12H,3-8H2,1-2H3/t9-,10?,11?/m0/s1. The number of aliphatic hydroxyl groups is 1. The van der Waals surface area contributed by atoms with Gasteiger partial charge in [-0.15, -0.1) is 0 Å². The van der Waals surface area contributed by atoms with Crippen molar-refractivity contribution in [2.45, 2.75) is 58.5 Å². The highest BCUT2D eigenvalue weighted by atomic mass is 16.7. The van der Waals surface area contributed by atoms with Crippen molar-refractivity contribution in [1.29, 1.82) is 0 Å². The van der Waals surface area contributed by atoms with Gasteiger partial charge in [0.05, 0.1) is 0 Å². The van der Waals surface area contributed by atoms with Crippen LogP contribution in [0.3, 0.4) is 0 Å². The van der Waals surface area contributed by atoms with Crippen LogP contribution in [0.25, 0.3) is 0 Å². The molecule has 0 aromatic heterocycles. The molecule has 3 nitrogen and oxygen atoms in total. The Morgan fingerprint density at radius 2 is 2.29 bits per heavy atom. The molecule has 1 aliphatic rings. The zero-order valence-corrected chi connectivity index (χ0v) is 9.24. The molecule has 84 valence electrons. The first kappa shape index (κ1) is 12.0. The Hall–Kier alpha value is -0.120. The highest BCUT2D eigenvalue weighted by molar-refractivity contribution is 4.57. The van der Waals surface area contributed by atoms with Crippen molar-refractivity contribution in [2.75, 3.05) is 6.61 Å². The number of aliphatic hydroxyl groups excluding tert-OH is 1. The fourth-order valence-electron chi connectivity index (χ4n) is 1.56. The monoisotopic (exact) mass is 202 g/mol. The van der Waals surface area contributed by atoms with Gasteiger partial charge in [-0.3, -0.25) is 0 Å². The van der Waals surface area contributed by atoms with Crippen LogP contribution in [0.4, 0.5) is 0 Å². The van der Waals surface area contributed by atoms with Crippen molar-refractivity contribution >= 4 is 0 Å². The molecule has 3 atom stereocenters. The molecule has 1 rings (SSSR count). The van der Waals surface area contributed by atoms with Gasteiger partial charge in [-0.25, -0.2) is 0 Å². The lowest BCUT2D eigenvalue weighted by Gasteiger charge is -2.26. The first-order valence-electron chi connectivity index (χ1n) is 5.67. The lowest BCUT2D eigenvalue weighted by atomic mass is 10.1. The van der Waals surface area contributed by atoms with E-state index in [1.807, 2.05) is 0 Å². The van der Waals surface area contributed by atoms with Crippen LogP contribution in [-0.4, -0.2) is 24.3 Å². The summed E-state index contributed by atoms with van der Waals surface area (Å²) in [5.74, 6) is 0.508. The first-order chi connectivity index (χ1) is 6.72.